The molecule has 0 saturated carbocycles. The standard InChI is InChI=1S/C24H24ClN5O2S/c1-15-9-19(13-32-4)22(11-26)24(28-15)33-14-23(31)29-27-12-18-10-16(2)30(17(18)3)21-7-5-20(25)6-8-21/h5-10,12H,13-14H2,1-4H3,(H,29,31)/b27-12+. The number of ether oxygens (including phenoxy) is 1. The molecule has 0 atom stereocenters. The zero-order valence-electron chi connectivity index (χ0n) is 18.8. The van der Waals surface area contributed by atoms with Crippen molar-refractivity contribution in [2.75, 3.05) is 12.9 Å². The number of hydrogen-bond acceptors (Lipinski definition) is 6. The number of hydrazone groups is 1. The lowest BCUT2D eigenvalue weighted by atomic mass is 10.1. The molecule has 0 spiro atoms. The average Bonchev–Trinajstić information content (AvgIpc) is 3.06. The van der Waals surface area contributed by atoms with Gasteiger partial charge in [0.2, 0.25) is 5.91 Å². The molecule has 0 saturated heterocycles. The van der Waals surface area contributed by atoms with Gasteiger partial charge in [-0.3, -0.25) is 4.79 Å². The molecule has 3 rings (SSSR count). The fourth-order valence-electron chi connectivity index (χ4n) is 3.45. The van der Waals surface area contributed by atoms with Crippen molar-refractivity contribution in [1.82, 2.24) is 15.0 Å². The second-order valence-electron chi connectivity index (χ2n) is 7.37. The van der Waals surface area contributed by atoms with Gasteiger partial charge in [-0.15, -0.1) is 0 Å². The van der Waals surface area contributed by atoms with Crippen LogP contribution in [0.15, 0.2) is 46.5 Å². The summed E-state index contributed by atoms with van der Waals surface area (Å²) in [6.07, 6.45) is 1.62. The van der Waals surface area contributed by atoms with Crippen LogP contribution >= 0.6 is 23.4 Å². The molecule has 0 aliphatic heterocycles. The molecule has 1 aromatic carbocycles. The first-order chi connectivity index (χ1) is 15.8. The predicted molar refractivity (Wildman–Crippen MR) is 131 cm³/mol. The SMILES string of the molecule is COCc1cc(C)nc(SCC(=O)N/N=C/c2cc(C)n(-c3ccc(Cl)cc3)c2C)c1C#N. The van der Waals surface area contributed by atoms with Crippen molar-refractivity contribution < 1.29 is 9.53 Å². The number of halogens is 1. The Morgan fingerprint density at radius 3 is 2.70 bits per heavy atom. The second-order valence-corrected chi connectivity index (χ2v) is 8.77. The molecule has 2 aromatic heterocycles. The van der Waals surface area contributed by atoms with Crippen molar-refractivity contribution in [2.24, 2.45) is 5.10 Å². The molecule has 3 aromatic rings. The summed E-state index contributed by atoms with van der Waals surface area (Å²) in [5, 5.41) is 14.8. The van der Waals surface area contributed by atoms with Gasteiger partial charge in [0.15, 0.2) is 0 Å². The molecule has 0 fully saturated rings. The smallest absolute Gasteiger partial charge is 0.250 e. The molecule has 33 heavy (non-hydrogen) atoms. The molecule has 1 amide bonds. The van der Waals surface area contributed by atoms with Crippen LogP contribution in [0, 0.1) is 32.1 Å². The third kappa shape index (κ3) is 6.02. The van der Waals surface area contributed by atoms with E-state index in [-0.39, 0.29) is 11.7 Å². The zero-order valence-corrected chi connectivity index (χ0v) is 20.4. The summed E-state index contributed by atoms with van der Waals surface area (Å²) < 4.78 is 7.26. The predicted octanol–water partition coefficient (Wildman–Crippen LogP) is 4.71. The number of hydrogen-bond donors (Lipinski definition) is 1. The van der Waals surface area contributed by atoms with Gasteiger partial charge in [0, 0.05) is 40.5 Å². The second kappa shape index (κ2) is 11.1. The maximum absolute atomic E-state index is 12.3. The lowest BCUT2D eigenvalue weighted by Crippen LogP contribution is -2.20. The van der Waals surface area contributed by atoms with Gasteiger partial charge in [-0.2, -0.15) is 10.4 Å². The van der Waals surface area contributed by atoms with Crippen LogP contribution in [0.1, 0.15) is 33.8 Å². The molecule has 0 unspecified atom stereocenters. The maximum Gasteiger partial charge on any atom is 0.250 e. The van der Waals surface area contributed by atoms with Gasteiger partial charge in [-0.25, -0.2) is 10.4 Å². The van der Waals surface area contributed by atoms with E-state index in [4.69, 9.17) is 16.3 Å². The lowest BCUT2D eigenvalue weighted by molar-refractivity contribution is -0.118. The number of rotatable bonds is 8. The van der Waals surface area contributed by atoms with Crippen LogP contribution in [-0.2, 0) is 16.1 Å². The molecule has 0 aliphatic carbocycles. The molecule has 0 radical (unpaired) electrons. The number of pyridine rings is 1. The van der Waals surface area contributed by atoms with E-state index in [0.717, 1.165) is 33.9 Å². The van der Waals surface area contributed by atoms with Crippen molar-refractivity contribution >= 4 is 35.5 Å². The number of methoxy groups -OCH3 is 1. The molecule has 0 aliphatic rings. The highest BCUT2D eigenvalue weighted by atomic mass is 35.5. The number of aryl methyl sites for hydroxylation is 2. The van der Waals surface area contributed by atoms with Gasteiger partial charge in [0.05, 0.1) is 24.1 Å². The first kappa shape index (κ1) is 24.5. The minimum absolute atomic E-state index is 0.0820. The van der Waals surface area contributed by atoms with E-state index < -0.39 is 0 Å². The van der Waals surface area contributed by atoms with E-state index in [1.807, 2.05) is 57.2 Å². The number of nitrogens with zero attached hydrogens (tertiary/aromatic N) is 4. The Hall–Kier alpha value is -3.12. The zero-order chi connectivity index (χ0) is 24.0. The molecule has 2 heterocycles. The van der Waals surface area contributed by atoms with Crippen LogP contribution < -0.4 is 5.43 Å². The third-order valence-corrected chi connectivity index (χ3v) is 6.12. The molecule has 9 heteroatoms. The van der Waals surface area contributed by atoms with Crippen molar-refractivity contribution in [3.8, 4) is 11.8 Å². The Kier molecular flexibility index (Phi) is 8.28. The highest BCUT2D eigenvalue weighted by molar-refractivity contribution is 8.00. The Bertz CT molecular complexity index is 1230. The topological polar surface area (TPSA) is 92.3 Å². The van der Waals surface area contributed by atoms with Crippen molar-refractivity contribution in [1.29, 1.82) is 5.26 Å². The van der Waals surface area contributed by atoms with E-state index in [1.54, 1.807) is 13.3 Å². The Balaban J connectivity index is 1.65. The van der Waals surface area contributed by atoms with Gasteiger partial charge in [0.25, 0.3) is 0 Å². The van der Waals surface area contributed by atoms with Gasteiger partial charge >= 0.3 is 0 Å². The minimum Gasteiger partial charge on any atom is -0.380 e. The number of nitriles is 1. The quantitative estimate of drug-likeness (QED) is 0.285. The van der Waals surface area contributed by atoms with Crippen LogP contribution in [0.25, 0.3) is 5.69 Å². The van der Waals surface area contributed by atoms with E-state index in [2.05, 4.69) is 26.1 Å². The Labute approximate surface area is 202 Å². The highest BCUT2D eigenvalue weighted by Crippen LogP contribution is 2.25. The summed E-state index contributed by atoms with van der Waals surface area (Å²) in [6.45, 7) is 6.15. The van der Waals surface area contributed by atoms with Crippen LogP contribution in [0.4, 0.5) is 0 Å². The minimum atomic E-state index is -0.289. The van der Waals surface area contributed by atoms with Crippen LogP contribution in [0.3, 0.4) is 0 Å². The van der Waals surface area contributed by atoms with E-state index in [9.17, 15) is 10.1 Å². The van der Waals surface area contributed by atoms with Gasteiger partial charge in [-0.05, 0) is 62.7 Å². The summed E-state index contributed by atoms with van der Waals surface area (Å²) >= 11 is 7.19. The summed E-state index contributed by atoms with van der Waals surface area (Å²) in [5.74, 6) is -0.207. The fraction of sp³-hybridized carbons (Fsp3) is 0.250. The highest BCUT2D eigenvalue weighted by Gasteiger charge is 2.14. The van der Waals surface area contributed by atoms with E-state index in [0.29, 0.717) is 22.2 Å². The van der Waals surface area contributed by atoms with Crippen molar-refractivity contribution in [3.05, 3.63) is 75.2 Å². The Morgan fingerprint density at radius 1 is 1.30 bits per heavy atom. The number of amides is 1. The van der Waals surface area contributed by atoms with Crippen LogP contribution in [-0.4, -0.2) is 34.5 Å². The number of carbonyl (C=O) groups excluding carboxylic acids is 1. The average molecular weight is 482 g/mol. The van der Waals surface area contributed by atoms with Gasteiger partial charge in [-0.1, -0.05) is 23.4 Å². The molecule has 0 bridgehead atoms. The summed E-state index contributed by atoms with van der Waals surface area (Å²) in [4.78, 5) is 16.7. The number of carbonyl (C=O) groups is 1. The summed E-state index contributed by atoms with van der Waals surface area (Å²) in [7, 11) is 1.57. The normalized spacial score (nSPS) is 11.0. The number of nitrogens with one attached hydrogen (secondary N) is 1. The largest absolute Gasteiger partial charge is 0.380 e. The van der Waals surface area contributed by atoms with E-state index in [1.165, 1.54) is 11.8 Å². The number of thioether (sulfide) groups is 1. The first-order valence-electron chi connectivity index (χ1n) is 10.1. The molecular formula is C24H24ClN5O2S. The summed E-state index contributed by atoms with van der Waals surface area (Å²) in [6, 6.07) is 13.6. The van der Waals surface area contributed by atoms with Gasteiger partial charge in [0.1, 0.15) is 11.1 Å². The van der Waals surface area contributed by atoms with Crippen LogP contribution in [0.5, 0.6) is 0 Å². The molecular weight excluding hydrogens is 458 g/mol. The molecule has 1 N–H and O–H groups in total. The molecule has 7 nitrogen and oxygen atoms in total. The fourth-order valence-corrected chi connectivity index (χ4v) is 4.44. The van der Waals surface area contributed by atoms with Crippen molar-refractivity contribution in [3.63, 3.8) is 0 Å². The number of benzene rings is 1. The third-order valence-electron chi connectivity index (χ3n) is 4.90. The lowest BCUT2D eigenvalue weighted by Gasteiger charge is -2.09. The number of aromatic nitrogens is 2. The Morgan fingerprint density at radius 2 is 2.03 bits per heavy atom. The maximum atomic E-state index is 12.3. The molecule has 170 valence electrons. The first-order valence-corrected chi connectivity index (χ1v) is 11.5. The monoisotopic (exact) mass is 481 g/mol. The van der Waals surface area contributed by atoms with Crippen molar-refractivity contribution in [2.45, 2.75) is 32.4 Å². The van der Waals surface area contributed by atoms with E-state index >= 15 is 0 Å². The van der Waals surface area contributed by atoms with Gasteiger partial charge < -0.3 is 9.30 Å². The van der Waals surface area contributed by atoms with Crippen LogP contribution in [0.2, 0.25) is 5.02 Å². The summed E-state index contributed by atoms with van der Waals surface area (Å²) in [5.41, 5.74) is 8.42.